The molecule has 2 fully saturated rings. The van der Waals surface area contributed by atoms with E-state index in [9.17, 15) is 19.4 Å². The van der Waals surface area contributed by atoms with Crippen molar-refractivity contribution in [3.63, 3.8) is 0 Å². The van der Waals surface area contributed by atoms with Gasteiger partial charge in [-0.3, -0.25) is 14.5 Å². The van der Waals surface area contributed by atoms with Gasteiger partial charge in [0.25, 0.3) is 0 Å². The number of hydrogen-bond donors (Lipinski definition) is 2. The summed E-state index contributed by atoms with van der Waals surface area (Å²) in [6.07, 6.45) is 3.88. The minimum atomic E-state index is -0.930. The van der Waals surface area contributed by atoms with E-state index in [0.717, 1.165) is 137 Å². The fourth-order valence-corrected chi connectivity index (χ4v) is 11.5. The number of nitrogens with zero attached hydrogens (tertiary/aromatic N) is 7. The van der Waals surface area contributed by atoms with Gasteiger partial charge in [0, 0.05) is 73.2 Å². The number of hydrogen-bond acceptors (Lipinski definition) is 9. The summed E-state index contributed by atoms with van der Waals surface area (Å²) >= 11 is 1.78. The molecule has 3 aliphatic heterocycles. The molecule has 5 heterocycles. The number of anilines is 2. The predicted octanol–water partition coefficient (Wildman–Crippen LogP) is 9.45. The van der Waals surface area contributed by atoms with Gasteiger partial charge in [0.15, 0.2) is 5.82 Å². The minimum Gasteiger partial charge on any atom is -0.478 e. The zero-order valence-corrected chi connectivity index (χ0v) is 37.8. The number of β-amino-alcohol motifs (C(OH)–C–C–N with tert-alkyl or cyclic N) is 1. The van der Waals surface area contributed by atoms with Crippen molar-refractivity contribution in [1.29, 1.82) is 0 Å². The molecule has 4 aromatic carbocycles. The highest BCUT2D eigenvalue weighted by molar-refractivity contribution is 7.15. The van der Waals surface area contributed by atoms with Crippen molar-refractivity contribution in [2.75, 3.05) is 55.6 Å². The van der Waals surface area contributed by atoms with Crippen LogP contribution in [0.1, 0.15) is 104 Å². The molecule has 0 bridgehead atoms. The summed E-state index contributed by atoms with van der Waals surface area (Å²) < 4.78 is 16.2. The van der Waals surface area contributed by atoms with Gasteiger partial charge in [-0.1, -0.05) is 42.5 Å². The van der Waals surface area contributed by atoms with Crippen LogP contribution >= 0.6 is 11.3 Å². The fraction of sp³-hybridized carbons (Fsp3) is 0.346. The Labute approximate surface area is 378 Å². The maximum absolute atomic E-state index is 14.0. The number of aromatic nitrogens is 3. The quantitative estimate of drug-likeness (QED) is 0.156. The van der Waals surface area contributed by atoms with E-state index in [1.54, 1.807) is 17.4 Å². The van der Waals surface area contributed by atoms with Crippen LogP contribution < -0.4 is 9.80 Å². The van der Waals surface area contributed by atoms with E-state index in [0.29, 0.717) is 24.9 Å². The smallest absolute Gasteiger partial charge is 0.335 e. The standard InChI is InChI=1S/C52H54FN7O3S/c1-32-34(3)64-50-46(32)48(54-33(2)49-56-55-35(4)60(49)50)38-12-19-42(20-13-38)58-24-22-52(63,23-25-58)31-57-26-28-59(29-27-57)43-17-10-37(11-18-43)47-44(36-8-15-41(53)16-9-36)7-5-6-39-30-40(51(61)62)14-21-45(39)47/h8-21,30,33,63H,5-7,22-29,31H2,1-4H3,(H,61,62)/t33-/m0/s1. The maximum Gasteiger partial charge on any atom is 0.335 e. The molecule has 0 spiro atoms. The number of halogens is 1. The third kappa shape index (κ3) is 7.86. The van der Waals surface area contributed by atoms with Crippen LogP contribution in [0, 0.1) is 26.6 Å². The van der Waals surface area contributed by atoms with E-state index >= 15 is 0 Å². The Morgan fingerprint density at radius 1 is 0.797 bits per heavy atom. The number of carbonyl (C=O) groups is 1. The summed E-state index contributed by atoms with van der Waals surface area (Å²) in [6, 6.07) is 29.6. The van der Waals surface area contributed by atoms with Crippen molar-refractivity contribution in [2.45, 2.75) is 71.4 Å². The van der Waals surface area contributed by atoms with Crippen molar-refractivity contribution in [3.8, 4) is 5.00 Å². The molecule has 2 N–H and O–H groups in total. The molecule has 10 nitrogen and oxygen atoms in total. The average Bonchev–Trinajstić information content (AvgIpc) is 3.70. The Balaban J connectivity index is 0.780. The molecule has 0 amide bonds. The van der Waals surface area contributed by atoms with Gasteiger partial charge < -0.3 is 20.0 Å². The predicted molar refractivity (Wildman–Crippen MR) is 254 cm³/mol. The highest BCUT2D eigenvalue weighted by Gasteiger charge is 2.36. The number of carboxylic acids is 1. The zero-order chi connectivity index (χ0) is 44.3. The highest BCUT2D eigenvalue weighted by atomic mass is 32.1. The number of aliphatic hydroxyl groups is 1. The molecule has 64 heavy (non-hydrogen) atoms. The van der Waals surface area contributed by atoms with Crippen molar-refractivity contribution in [1.82, 2.24) is 19.7 Å². The van der Waals surface area contributed by atoms with Crippen LogP contribution in [0.3, 0.4) is 0 Å². The summed E-state index contributed by atoms with van der Waals surface area (Å²) in [7, 11) is 0. The SMILES string of the molecule is Cc1sc2c(c1C)C(c1ccc(N3CCC(O)(CN4CCN(c5ccc(C6=C(c7ccc(F)cc7)CCCc7cc(C(=O)O)ccc76)cc5)CC4)CC3)cc1)=N[C@@H](C)c1nnc(C)n1-2. The number of aryl methyl sites for hydroxylation is 3. The molecule has 6 aromatic rings. The molecule has 4 aliphatic rings. The second-order valence-electron chi connectivity index (χ2n) is 18.0. The highest BCUT2D eigenvalue weighted by Crippen LogP contribution is 2.42. The van der Waals surface area contributed by atoms with Gasteiger partial charge in [0.1, 0.15) is 22.7 Å². The third-order valence-electron chi connectivity index (χ3n) is 14.0. The molecule has 2 saturated heterocycles. The molecule has 0 saturated carbocycles. The summed E-state index contributed by atoms with van der Waals surface area (Å²) in [5, 5.41) is 31.6. The molecule has 0 unspecified atom stereocenters. The number of piperidine rings is 1. The van der Waals surface area contributed by atoms with Crippen LogP contribution in [0.15, 0.2) is 96.0 Å². The lowest BCUT2D eigenvalue weighted by molar-refractivity contribution is -0.0173. The van der Waals surface area contributed by atoms with Gasteiger partial charge in [0.05, 0.1) is 16.9 Å². The first-order valence-corrected chi connectivity index (χ1v) is 23.4. The first-order valence-electron chi connectivity index (χ1n) is 22.5. The topological polar surface area (TPSA) is 110 Å². The van der Waals surface area contributed by atoms with E-state index in [1.165, 1.54) is 22.6 Å². The lowest BCUT2D eigenvalue weighted by Gasteiger charge is -2.44. The van der Waals surface area contributed by atoms with Crippen molar-refractivity contribution < 1.29 is 19.4 Å². The Kier molecular flexibility index (Phi) is 11.1. The monoisotopic (exact) mass is 875 g/mol. The first kappa shape index (κ1) is 42.0. The van der Waals surface area contributed by atoms with Gasteiger partial charge in [-0.05, 0) is 147 Å². The summed E-state index contributed by atoms with van der Waals surface area (Å²) in [5.41, 5.74) is 12.7. The van der Waals surface area contributed by atoms with Crippen LogP contribution in [0.5, 0.6) is 0 Å². The summed E-state index contributed by atoms with van der Waals surface area (Å²) in [5.74, 6) is 0.552. The van der Waals surface area contributed by atoms with E-state index in [2.05, 4.69) is 98.8 Å². The zero-order valence-electron chi connectivity index (χ0n) is 36.9. The summed E-state index contributed by atoms with van der Waals surface area (Å²) in [6.45, 7) is 14.2. The minimum absolute atomic E-state index is 0.123. The molecular weight excluding hydrogens is 822 g/mol. The molecule has 12 heteroatoms. The number of allylic oxidation sites excluding steroid dienone is 1. The number of carboxylic acid groups (broad SMARTS) is 1. The van der Waals surface area contributed by atoms with Crippen LogP contribution in [0.4, 0.5) is 15.8 Å². The normalized spacial score (nSPS) is 18.8. The van der Waals surface area contributed by atoms with Crippen LogP contribution in [0.2, 0.25) is 0 Å². The maximum atomic E-state index is 14.0. The summed E-state index contributed by atoms with van der Waals surface area (Å²) in [4.78, 5) is 25.6. The van der Waals surface area contributed by atoms with E-state index < -0.39 is 11.6 Å². The van der Waals surface area contributed by atoms with Gasteiger partial charge >= 0.3 is 5.97 Å². The average molecular weight is 876 g/mol. The largest absolute Gasteiger partial charge is 0.478 e. The molecule has 1 atom stereocenters. The van der Waals surface area contributed by atoms with Crippen molar-refractivity contribution in [3.05, 3.63) is 158 Å². The molecule has 10 rings (SSSR count). The number of fused-ring (bicyclic) bond motifs is 4. The van der Waals surface area contributed by atoms with Crippen molar-refractivity contribution in [2.24, 2.45) is 4.99 Å². The van der Waals surface area contributed by atoms with Gasteiger partial charge in [0.2, 0.25) is 0 Å². The lowest BCUT2D eigenvalue weighted by Crippen LogP contribution is -2.55. The Bertz CT molecular complexity index is 2790. The molecular formula is C52H54FN7O3S. The van der Waals surface area contributed by atoms with E-state index in [1.807, 2.05) is 31.2 Å². The lowest BCUT2D eigenvalue weighted by atomic mass is 9.87. The van der Waals surface area contributed by atoms with E-state index in [-0.39, 0.29) is 11.9 Å². The second-order valence-corrected chi connectivity index (χ2v) is 19.2. The molecule has 0 radical (unpaired) electrons. The Morgan fingerprint density at radius 2 is 1.44 bits per heavy atom. The Morgan fingerprint density at radius 3 is 2.11 bits per heavy atom. The first-order chi connectivity index (χ1) is 30.9. The number of benzene rings is 4. The molecule has 1 aliphatic carbocycles. The number of aromatic carboxylic acids is 1. The molecule has 328 valence electrons. The fourth-order valence-electron chi connectivity index (χ4n) is 10.3. The van der Waals surface area contributed by atoms with Crippen LogP contribution in [-0.4, -0.2) is 93.0 Å². The van der Waals surface area contributed by atoms with Crippen molar-refractivity contribution >= 4 is 45.5 Å². The number of thiophene rings is 1. The second kappa shape index (κ2) is 16.9. The number of rotatable bonds is 8. The van der Waals surface area contributed by atoms with Gasteiger partial charge in [-0.15, -0.1) is 21.5 Å². The van der Waals surface area contributed by atoms with Crippen LogP contribution in [-0.2, 0) is 6.42 Å². The van der Waals surface area contributed by atoms with Crippen LogP contribution in [0.25, 0.3) is 16.1 Å². The van der Waals surface area contributed by atoms with E-state index in [4.69, 9.17) is 4.99 Å². The number of piperazine rings is 1. The molecule has 2 aromatic heterocycles. The van der Waals surface area contributed by atoms with Gasteiger partial charge in [-0.2, -0.15) is 0 Å². The van der Waals surface area contributed by atoms with Gasteiger partial charge in [-0.25, -0.2) is 9.18 Å². The third-order valence-corrected chi connectivity index (χ3v) is 15.1. The number of aliphatic imine (C=N–C) groups is 1. The Hall–Kier alpha value is -5.95.